The highest BCUT2D eigenvalue weighted by atomic mass is 32.2. The fourth-order valence-electron chi connectivity index (χ4n) is 3.92. The zero-order valence-electron chi connectivity index (χ0n) is 16.4. The highest BCUT2D eigenvalue weighted by Crippen LogP contribution is 2.33. The number of carbonyl (C=O) groups is 3. The summed E-state index contributed by atoms with van der Waals surface area (Å²) in [4.78, 5) is 38.0. The van der Waals surface area contributed by atoms with E-state index in [1.807, 2.05) is 6.07 Å². The summed E-state index contributed by atoms with van der Waals surface area (Å²) in [6, 6.07) is 8.41. The van der Waals surface area contributed by atoms with Gasteiger partial charge in [0, 0.05) is 19.5 Å². The number of imide groups is 1. The molecule has 1 saturated heterocycles. The third-order valence-corrected chi connectivity index (χ3v) is 7.08. The normalized spacial score (nSPS) is 18.7. The first-order valence-corrected chi connectivity index (χ1v) is 11.8. The molecule has 0 aromatic heterocycles. The summed E-state index contributed by atoms with van der Waals surface area (Å²) in [6.45, 7) is -0.00685. The Bertz CT molecular complexity index is 863. The monoisotopic (exact) mass is 421 g/mol. The molecule has 0 radical (unpaired) electrons. The van der Waals surface area contributed by atoms with Gasteiger partial charge in [-0.2, -0.15) is 0 Å². The molecule has 2 aliphatic rings. The number of carbonyl (C=O) groups excluding carboxylic acids is 3. The number of hydrogen-bond acceptors (Lipinski definition) is 5. The van der Waals surface area contributed by atoms with Gasteiger partial charge in [0.2, 0.25) is 5.91 Å². The Labute approximate surface area is 170 Å². The minimum Gasteiger partial charge on any atom is -0.355 e. The molecule has 0 unspecified atom stereocenters. The van der Waals surface area contributed by atoms with Gasteiger partial charge in [0.1, 0.15) is 5.54 Å². The second-order valence-electron chi connectivity index (χ2n) is 7.71. The second-order valence-corrected chi connectivity index (χ2v) is 9.89. The number of urea groups is 1. The van der Waals surface area contributed by atoms with Crippen LogP contribution >= 0.6 is 0 Å². The summed E-state index contributed by atoms with van der Waals surface area (Å²) < 4.78 is 24.3. The lowest BCUT2D eigenvalue weighted by Crippen LogP contribution is -2.48. The number of rotatable bonds is 8. The van der Waals surface area contributed by atoms with Crippen molar-refractivity contribution in [3.8, 4) is 0 Å². The van der Waals surface area contributed by atoms with Crippen LogP contribution in [0.15, 0.2) is 30.3 Å². The minimum atomic E-state index is -3.34. The zero-order valence-corrected chi connectivity index (χ0v) is 17.2. The van der Waals surface area contributed by atoms with Gasteiger partial charge in [0.15, 0.2) is 9.84 Å². The third kappa shape index (κ3) is 5.35. The molecule has 1 aliphatic carbocycles. The summed E-state index contributed by atoms with van der Waals surface area (Å²) in [7, 11) is -3.34. The topological polar surface area (TPSA) is 113 Å². The van der Waals surface area contributed by atoms with Crippen molar-refractivity contribution >= 4 is 27.7 Å². The molecule has 2 N–H and O–H groups in total. The van der Waals surface area contributed by atoms with Crippen molar-refractivity contribution in [3.63, 3.8) is 0 Å². The Hall–Kier alpha value is -2.42. The van der Waals surface area contributed by atoms with E-state index in [0.717, 1.165) is 24.2 Å². The number of benzene rings is 1. The van der Waals surface area contributed by atoms with E-state index in [4.69, 9.17) is 0 Å². The summed E-state index contributed by atoms with van der Waals surface area (Å²) >= 11 is 0. The van der Waals surface area contributed by atoms with Crippen LogP contribution in [0.25, 0.3) is 0 Å². The molecule has 0 atom stereocenters. The number of nitrogens with one attached hydrogen (secondary N) is 2. The minimum absolute atomic E-state index is 0.00190. The van der Waals surface area contributed by atoms with Crippen LogP contribution in [0.1, 0.15) is 44.1 Å². The van der Waals surface area contributed by atoms with Crippen molar-refractivity contribution in [3.05, 3.63) is 35.9 Å². The van der Waals surface area contributed by atoms with E-state index >= 15 is 0 Å². The van der Waals surface area contributed by atoms with E-state index in [2.05, 4.69) is 10.6 Å². The molecular weight excluding hydrogens is 394 g/mol. The van der Waals surface area contributed by atoms with Crippen LogP contribution in [-0.2, 0) is 25.2 Å². The summed E-state index contributed by atoms with van der Waals surface area (Å²) in [5.41, 5.74) is -0.0915. The predicted octanol–water partition coefficient (Wildman–Crippen LogP) is 1.36. The van der Waals surface area contributed by atoms with Gasteiger partial charge < -0.3 is 10.6 Å². The fraction of sp³-hybridized carbons (Fsp3) is 0.550. The third-order valence-electron chi connectivity index (χ3n) is 5.48. The summed E-state index contributed by atoms with van der Waals surface area (Å²) in [6.07, 6.45) is 4.09. The molecule has 1 aromatic carbocycles. The quantitative estimate of drug-likeness (QED) is 0.616. The van der Waals surface area contributed by atoms with Gasteiger partial charge in [0.05, 0.1) is 11.5 Å². The van der Waals surface area contributed by atoms with Gasteiger partial charge in [0.25, 0.3) is 5.91 Å². The van der Waals surface area contributed by atoms with Gasteiger partial charge in [-0.05, 0) is 18.4 Å². The molecule has 2 fully saturated rings. The summed E-state index contributed by atoms with van der Waals surface area (Å²) in [5, 5.41) is 5.37. The number of nitrogens with zero attached hydrogens (tertiary/aromatic N) is 1. The van der Waals surface area contributed by atoms with Crippen LogP contribution in [0.2, 0.25) is 0 Å². The average molecular weight is 422 g/mol. The van der Waals surface area contributed by atoms with Gasteiger partial charge in [-0.15, -0.1) is 0 Å². The highest BCUT2D eigenvalue weighted by molar-refractivity contribution is 7.90. The first-order valence-electron chi connectivity index (χ1n) is 9.96. The van der Waals surface area contributed by atoms with E-state index < -0.39 is 21.4 Å². The maximum Gasteiger partial charge on any atom is 0.325 e. The Morgan fingerprint density at radius 3 is 2.48 bits per heavy atom. The maximum absolute atomic E-state index is 12.7. The lowest BCUT2D eigenvalue weighted by molar-refractivity contribution is -0.132. The largest absolute Gasteiger partial charge is 0.355 e. The molecule has 1 saturated carbocycles. The summed E-state index contributed by atoms with van der Waals surface area (Å²) in [5.74, 6) is -0.876. The molecule has 1 spiro atoms. The van der Waals surface area contributed by atoms with E-state index in [0.29, 0.717) is 18.4 Å². The molecule has 3 rings (SSSR count). The molecule has 29 heavy (non-hydrogen) atoms. The van der Waals surface area contributed by atoms with Crippen LogP contribution in [0, 0.1) is 0 Å². The molecule has 8 nitrogen and oxygen atoms in total. The van der Waals surface area contributed by atoms with Crippen LogP contribution in [0.4, 0.5) is 4.79 Å². The van der Waals surface area contributed by atoms with Crippen molar-refractivity contribution in [1.82, 2.24) is 15.5 Å². The fourth-order valence-corrected chi connectivity index (χ4v) is 5.18. The molecule has 4 amide bonds. The molecular formula is C20H27N3O5S. The average Bonchev–Trinajstić information content (AvgIpc) is 2.90. The molecule has 1 heterocycles. The van der Waals surface area contributed by atoms with E-state index in [1.165, 1.54) is 0 Å². The molecule has 9 heteroatoms. The second kappa shape index (κ2) is 8.94. The maximum atomic E-state index is 12.7. The number of hydrogen-bond donors (Lipinski definition) is 2. The lowest BCUT2D eigenvalue weighted by atomic mass is 9.82. The number of sulfone groups is 1. The Balaban J connectivity index is 1.42. The van der Waals surface area contributed by atoms with E-state index in [1.54, 1.807) is 24.3 Å². The zero-order chi connectivity index (χ0) is 20.9. The van der Waals surface area contributed by atoms with Crippen LogP contribution < -0.4 is 10.6 Å². The van der Waals surface area contributed by atoms with Gasteiger partial charge in [-0.25, -0.2) is 13.2 Å². The van der Waals surface area contributed by atoms with Crippen LogP contribution in [0.3, 0.4) is 0 Å². The van der Waals surface area contributed by atoms with Crippen molar-refractivity contribution in [2.24, 2.45) is 0 Å². The van der Waals surface area contributed by atoms with Gasteiger partial charge >= 0.3 is 6.03 Å². The predicted molar refractivity (Wildman–Crippen MR) is 108 cm³/mol. The van der Waals surface area contributed by atoms with E-state index in [9.17, 15) is 22.8 Å². The standard InChI is InChI=1S/C20H27N3O5S/c24-17(21-12-14-29(27,28)15-16-7-3-1-4-8-16)9-13-23-18(25)20(22-19(23)26)10-5-2-6-11-20/h1,3-4,7-8H,2,5-6,9-15H2,(H,21,24)(H,22,26). The van der Waals surface area contributed by atoms with Crippen LogP contribution in [0.5, 0.6) is 0 Å². The first-order chi connectivity index (χ1) is 13.8. The Morgan fingerprint density at radius 1 is 1.10 bits per heavy atom. The van der Waals surface area contributed by atoms with Crippen molar-refractivity contribution in [1.29, 1.82) is 0 Å². The van der Waals surface area contributed by atoms with E-state index in [-0.39, 0.29) is 42.8 Å². The first kappa shape index (κ1) is 21.3. The highest BCUT2D eigenvalue weighted by Gasteiger charge is 2.51. The lowest BCUT2D eigenvalue weighted by Gasteiger charge is -2.30. The molecule has 1 aromatic rings. The Kier molecular flexibility index (Phi) is 6.56. The van der Waals surface area contributed by atoms with Crippen molar-refractivity contribution in [2.45, 2.75) is 49.8 Å². The van der Waals surface area contributed by atoms with Gasteiger partial charge in [-0.1, -0.05) is 49.6 Å². The smallest absolute Gasteiger partial charge is 0.325 e. The SMILES string of the molecule is O=C(CCN1C(=O)NC2(CCCCC2)C1=O)NCCS(=O)(=O)Cc1ccccc1. The van der Waals surface area contributed by atoms with Gasteiger partial charge in [-0.3, -0.25) is 14.5 Å². The van der Waals surface area contributed by atoms with Crippen LogP contribution in [-0.4, -0.2) is 55.5 Å². The Morgan fingerprint density at radius 2 is 1.79 bits per heavy atom. The van der Waals surface area contributed by atoms with Crippen molar-refractivity contribution < 1.29 is 22.8 Å². The number of amides is 4. The molecule has 158 valence electrons. The van der Waals surface area contributed by atoms with Crippen molar-refractivity contribution in [2.75, 3.05) is 18.8 Å². The molecule has 1 aliphatic heterocycles. The molecule has 0 bridgehead atoms.